The number of benzene rings is 4. The lowest BCUT2D eigenvalue weighted by molar-refractivity contribution is 0.0952. The molecule has 1 saturated heterocycles. The lowest BCUT2D eigenvalue weighted by Crippen LogP contribution is -2.46. The van der Waals surface area contributed by atoms with E-state index >= 15 is 0 Å². The lowest BCUT2D eigenvalue weighted by Gasteiger charge is -2.37. The van der Waals surface area contributed by atoms with Gasteiger partial charge >= 0.3 is 0 Å². The van der Waals surface area contributed by atoms with Gasteiger partial charge in [-0.3, -0.25) is 14.5 Å². The number of hydrogen-bond acceptors (Lipinski definition) is 5. The fourth-order valence-electron chi connectivity index (χ4n) is 5.26. The predicted molar refractivity (Wildman–Crippen MR) is 171 cm³/mol. The number of halogens is 1. The number of carbonyl (C=O) groups excluding carboxylic acids is 2. The van der Waals surface area contributed by atoms with Gasteiger partial charge in [-0.2, -0.15) is 0 Å². The average Bonchev–Trinajstić information content (AvgIpc) is 3.02. The molecular weight excluding hydrogens is 548 g/mol. The van der Waals surface area contributed by atoms with Crippen LogP contribution in [0.25, 0.3) is 10.8 Å². The van der Waals surface area contributed by atoms with Gasteiger partial charge in [-0.05, 0) is 86.3 Å². The quantitative estimate of drug-likeness (QED) is 0.198. The summed E-state index contributed by atoms with van der Waals surface area (Å²) < 4.78 is 6.10. The van der Waals surface area contributed by atoms with E-state index < -0.39 is 0 Å². The van der Waals surface area contributed by atoms with Gasteiger partial charge in [0.2, 0.25) is 0 Å². The summed E-state index contributed by atoms with van der Waals surface area (Å²) in [5.74, 6) is 0.644. The van der Waals surface area contributed by atoms with Gasteiger partial charge in [-0.15, -0.1) is 0 Å². The zero-order chi connectivity index (χ0) is 29.3. The Hall–Kier alpha value is -4.07. The number of rotatable bonds is 11. The van der Waals surface area contributed by atoms with Crippen LogP contribution in [-0.4, -0.2) is 62.6 Å². The minimum absolute atomic E-state index is 0.111. The molecule has 0 spiro atoms. The molecular formula is C34H37ClN4O3. The highest BCUT2D eigenvalue weighted by atomic mass is 35.5. The maximum absolute atomic E-state index is 12.6. The molecule has 1 heterocycles. The molecule has 0 aromatic heterocycles. The highest BCUT2D eigenvalue weighted by molar-refractivity contribution is 6.30. The average molecular weight is 585 g/mol. The van der Waals surface area contributed by atoms with Crippen LogP contribution in [0.4, 0.5) is 11.4 Å². The maximum Gasteiger partial charge on any atom is 0.255 e. The summed E-state index contributed by atoms with van der Waals surface area (Å²) in [6.45, 7) is 8.26. The number of ether oxygens (including phenoxy) is 1. The van der Waals surface area contributed by atoms with Crippen molar-refractivity contribution in [1.29, 1.82) is 0 Å². The van der Waals surface area contributed by atoms with E-state index in [1.54, 1.807) is 48.5 Å². The first-order chi connectivity index (χ1) is 20.5. The molecule has 5 rings (SSSR count). The van der Waals surface area contributed by atoms with Crippen molar-refractivity contribution >= 4 is 45.6 Å². The fraction of sp³-hybridized carbons (Fsp3) is 0.294. The number of unbranched alkanes of at least 4 members (excludes halogenated alkanes) is 1. The predicted octanol–water partition coefficient (Wildman–Crippen LogP) is 6.48. The van der Waals surface area contributed by atoms with E-state index in [1.165, 1.54) is 11.1 Å². The Morgan fingerprint density at radius 1 is 0.810 bits per heavy atom. The number of anilines is 2. The molecule has 8 heteroatoms. The second-order valence-corrected chi connectivity index (χ2v) is 10.8. The molecule has 1 aliphatic heterocycles. The Balaban J connectivity index is 1.02. The number of fused-ring (bicyclic) bond motifs is 1. The molecule has 42 heavy (non-hydrogen) atoms. The van der Waals surface area contributed by atoms with Crippen molar-refractivity contribution in [1.82, 2.24) is 10.2 Å². The Labute approximate surface area is 252 Å². The first kappa shape index (κ1) is 29.4. The Bertz CT molecular complexity index is 1500. The smallest absolute Gasteiger partial charge is 0.255 e. The molecule has 218 valence electrons. The van der Waals surface area contributed by atoms with Gasteiger partial charge < -0.3 is 20.3 Å². The number of nitrogens with one attached hydrogen (secondary N) is 2. The molecule has 0 bridgehead atoms. The van der Waals surface area contributed by atoms with Crippen LogP contribution in [0, 0.1) is 0 Å². The standard InChI is InChI=1S/C34H37ClN4O3/c1-2-42-32-30-8-4-3-7-25(30)13-18-31(32)39-23-21-38(22-24-39)20-6-5-19-36-33(40)26-11-16-29(17-12-26)37-34(41)27-9-14-28(35)15-10-27/h3-4,7-18H,2,5-6,19-24H2,1H3,(H,36,40)(H,37,41). The largest absolute Gasteiger partial charge is 0.491 e. The van der Waals surface area contributed by atoms with Gasteiger partial charge in [0, 0.05) is 59.9 Å². The normalized spacial score (nSPS) is 13.6. The van der Waals surface area contributed by atoms with Gasteiger partial charge in [0.25, 0.3) is 11.8 Å². The van der Waals surface area contributed by atoms with Crippen LogP contribution in [0.5, 0.6) is 5.75 Å². The number of nitrogens with zero attached hydrogens (tertiary/aromatic N) is 2. The highest BCUT2D eigenvalue weighted by Crippen LogP contribution is 2.36. The van der Waals surface area contributed by atoms with Crippen LogP contribution in [0.2, 0.25) is 5.02 Å². The molecule has 4 aromatic rings. The summed E-state index contributed by atoms with van der Waals surface area (Å²) in [5.41, 5.74) is 2.88. The number of piperazine rings is 1. The van der Waals surface area contributed by atoms with E-state index in [-0.39, 0.29) is 11.8 Å². The second-order valence-electron chi connectivity index (χ2n) is 10.4. The van der Waals surface area contributed by atoms with Crippen molar-refractivity contribution in [3.8, 4) is 5.75 Å². The summed E-state index contributed by atoms with van der Waals surface area (Å²) in [6.07, 6.45) is 1.94. The third kappa shape index (κ3) is 7.41. The van der Waals surface area contributed by atoms with Gasteiger partial charge in [-0.1, -0.05) is 41.9 Å². The SMILES string of the molecule is CCOc1c(N2CCN(CCCCNC(=O)c3ccc(NC(=O)c4ccc(Cl)cc4)cc3)CC2)ccc2ccccc12. The topological polar surface area (TPSA) is 73.9 Å². The van der Waals surface area contributed by atoms with Crippen LogP contribution >= 0.6 is 11.6 Å². The van der Waals surface area contributed by atoms with E-state index in [1.807, 2.05) is 6.92 Å². The molecule has 0 saturated carbocycles. The molecule has 0 unspecified atom stereocenters. The third-order valence-electron chi connectivity index (χ3n) is 7.56. The molecule has 1 fully saturated rings. The maximum atomic E-state index is 12.6. The van der Waals surface area contributed by atoms with E-state index in [4.69, 9.17) is 16.3 Å². The van der Waals surface area contributed by atoms with Crippen LogP contribution in [0.15, 0.2) is 84.9 Å². The molecule has 1 aliphatic rings. The van der Waals surface area contributed by atoms with Gasteiger partial charge in [-0.25, -0.2) is 0 Å². The van der Waals surface area contributed by atoms with Crippen molar-refractivity contribution < 1.29 is 14.3 Å². The fourth-order valence-corrected chi connectivity index (χ4v) is 5.39. The molecule has 7 nitrogen and oxygen atoms in total. The van der Waals surface area contributed by atoms with E-state index in [2.05, 4.69) is 56.8 Å². The molecule has 0 atom stereocenters. The molecule has 0 radical (unpaired) electrons. The van der Waals surface area contributed by atoms with Crippen molar-refractivity contribution in [2.45, 2.75) is 19.8 Å². The van der Waals surface area contributed by atoms with E-state index in [0.717, 1.165) is 56.7 Å². The van der Waals surface area contributed by atoms with Crippen molar-refractivity contribution in [3.63, 3.8) is 0 Å². The van der Waals surface area contributed by atoms with Crippen LogP contribution < -0.4 is 20.3 Å². The van der Waals surface area contributed by atoms with Crippen molar-refractivity contribution in [3.05, 3.63) is 101 Å². The zero-order valence-corrected chi connectivity index (χ0v) is 24.7. The van der Waals surface area contributed by atoms with Gasteiger partial charge in [0.15, 0.2) is 0 Å². The Kier molecular flexibility index (Phi) is 9.95. The monoisotopic (exact) mass is 584 g/mol. The van der Waals surface area contributed by atoms with Crippen molar-refractivity contribution in [2.75, 3.05) is 56.1 Å². The summed E-state index contributed by atoms with van der Waals surface area (Å²) in [6, 6.07) is 26.4. The van der Waals surface area contributed by atoms with Crippen molar-refractivity contribution in [2.24, 2.45) is 0 Å². The Morgan fingerprint density at radius 2 is 1.50 bits per heavy atom. The lowest BCUT2D eigenvalue weighted by atomic mass is 10.1. The van der Waals surface area contributed by atoms with E-state index in [0.29, 0.717) is 35.0 Å². The summed E-state index contributed by atoms with van der Waals surface area (Å²) >= 11 is 5.89. The zero-order valence-electron chi connectivity index (χ0n) is 23.9. The summed E-state index contributed by atoms with van der Waals surface area (Å²) in [7, 11) is 0. The first-order valence-electron chi connectivity index (χ1n) is 14.6. The summed E-state index contributed by atoms with van der Waals surface area (Å²) in [5, 5.41) is 8.79. The van der Waals surface area contributed by atoms with E-state index in [9.17, 15) is 9.59 Å². The number of hydrogen-bond donors (Lipinski definition) is 2. The van der Waals surface area contributed by atoms with Crippen LogP contribution in [-0.2, 0) is 0 Å². The van der Waals surface area contributed by atoms with Crippen LogP contribution in [0.3, 0.4) is 0 Å². The minimum Gasteiger partial charge on any atom is -0.491 e. The summed E-state index contributed by atoms with van der Waals surface area (Å²) in [4.78, 5) is 29.9. The molecule has 4 aromatic carbocycles. The van der Waals surface area contributed by atoms with Crippen LogP contribution in [0.1, 0.15) is 40.5 Å². The Morgan fingerprint density at radius 3 is 2.24 bits per heavy atom. The second kappa shape index (κ2) is 14.2. The highest BCUT2D eigenvalue weighted by Gasteiger charge is 2.21. The third-order valence-corrected chi connectivity index (χ3v) is 7.81. The molecule has 2 amide bonds. The molecule has 2 N–H and O–H groups in total. The minimum atomic E-state index is -0.228. The van der Waals surface area contributed by atoms with Gasteiger partial charge in [0.1, 0.15) is 5.75 Å². The van der Waals surface area contributed by atoms with Gasteiger partial charge in [0.05, 0.1) is 12.3 Å². The number of amides is 2. The number of carbonyl (C=O) groups is 2. The molecule has 0 aliphatic carbocycles. The first-order valence-corrected chi connectivity index (χ1v) is 15.0.